The van der Waals surface area contributed by atoms with Gasteiger partial charge in [-0.15, -0.1) is 6.58 Å². The van der Waals surface area contributed by atoms with Gasteiger partial charge in [-0.1, -0.05) is 36.5 Å². The molecule has 2 aromatic rings. The molecule has 0 radical (unpaired) electrons. The van der Waals surface area contributed by atoms with Gasteiger partial charge < -0.3 is 0 Å². The molecular weight excluding hydrogens is 224 g/mol. The minimum Gasteiger partial charge on any atom is -0.153 e. The lowest BCUT2D eigenvalue weighted by Gasteiger charge is -2.19. The van der Waals surface area contributed by atoms with Crippen LogP contribution in [0.15, 0.2) is 47.3 Å². The molecule has 0 amide bonds. The molecule has 0 N–H and O–H groups in total. The molecule has 3 heteroatoms. The van der Waals surface area contributed by atoms with Gasteiger partial charge in [0, 0.05) is 9.00 Å². The second-order valence-corrected chi connectivity index (χ2v) is 9.87. The largest absolute Gasteiger partial charge is 0.162 e. The predicted molar refractivity (Wildman–Crippen MR) is 69.7 cm³/mol. The van der Waals surface area contributed by atoms with Crippen LogP contribution in [0.1, 0.15) is 0 Å². The molecule has 0 aromatic carbocycles. The second-order valence-electron chi connectivity index (χ2n) is 3.36. The SMILES string of the molecule is C=C[Si](C)(c1cccs1)c1cccs1. The minimum atomic E-state index is -1.57. The summed E-state index contributed by atoms with van der Waals surface area (Å²) in [6.07, 6.45) is 0. The Morgan fingerprint density at radius 3 is 1.93 bits per heavy atom. The Morgan fingerprint density at radius 1 is 1.14 bits per heavy atom. The van der Waals surface area contributed by atoms with E-state index in [1.807, 2.05) is 22.7 Å². The van der Waals surface area contributed by atoms with E-state index in [0.29, 0.717) is 0 Å². The first kappa shape index (κ1) is 9.89. The Balaban J connectivity index is 2.51. The van der Waals surface area contributed by atoms with Crippen molar-refractivity contribution in [2.75, 3.05) is 0 Å². The average Bonchev–Trinajstić information content (AvgIpc) is 2.88. The van der Waals surface area contributed by atoms with Gasteiger partial charge in [0.25, 0.3) is 0 Å². The summed E-state index contributed by atoms with van der Waals surface area (Å²) in [5, 5.41) is 4.30. The van der Waals surface area contributed by atoms with Crippen LogP contribution in [-0.2, 0) is 0 Å². The van der Waals surface area contributed by atoms with Crippen molar-refractivity contribution in [3.63, 3.8) is 0 Å². The highest BCUT2D eigenvalue weighted by Crippen LogP contribution is 2.12. The summed E-state index contributed by atoms with van der Waals surface area (Å²) in [5.41, 5.74) is 2.17. The zero-order valence-corrected chi connectivity index (χ0v) is 10.7. The first-order valence-electron chi connectivity index (χ1n) is 4.49. The Morgan fingerprint density at radius 2 is 1.64 bits per heavy atom. The molecule has 2 rings (SSSR count). The highest BCUT2D eigenvalue weighted by molar-refractivity contribution is 7.37. The van der Waals surface area contributed by atoms with Crippen molar-refractivity contribution in [1.29, 1.82) is 0 Å². The highest BCUT2D eigenvalue weighted by atomic mass is 32.1. The second kappa shape index (κ2) is 3.85. The van der Waals surface area contributed by atoms with Gasteiger partial charge >= 0.3 is 0 Å². The molecule has 14 heavy (non-hydrogen) atoms. The van der Waals surface area contributed by atoms with E-state index in [2.05, 4.69) is 53.9 Å². The van der Waals surface area contributed by atoms with Crippen LogP contribution < -0.4 is 9.00 Å². The third kappa shape index (κ3) is 1.51. The molecule has 0 aliphatic heterocycles. The van der Waals surface area contributed by atoms with Crippen LogP contribution in [0, 0.1) is 0 Å². The van der Waals surface area contributed by atoms with Gasteiger partial charge in [-0.2, -0.15) is 22.7 Å². The molecule has 0 fully saturated rings. The van der Waals surface area contributed by atoms with Crippen LogP contribution in [-0.4, -0.2) is 8.07 Å². The van der Waals surface area contributed by atoms with Crippen molar-refractivity contribution < 1.29 is 0 Å². The molecular formula is C11H12S2Si. The molecule has 72 valence electrons. The minimum absolute atomic E-state index is 1.50. The Labute approximate surface area is 93.6 Å². The Bertz CT molecular complexity index is 366. The van der Waals surface area contributed by atoms with E-state index in [1.165, 1.54) is 9.00 Å². The molecule has 0 bridgehead atoms. The predicted octanol–water partition coefficient (Wildman–Crippen LogP) is 2.73. The maximum atomic E-state index is 4.02. The van der Waals surface area contributed by atoms with E-state index < -0.39 is 8.07 Å². The smallest absolute Gasteiger partial charge is 0.153 e. The van der Waals surface area contributed by atoms with E-state index in [0.717, 1.165) is 0 Å². The van der Waals surface area contributed by atoms with Crippen LogP contribution in [0.2, 0.25) is 6.55 Å². The van der Waals surface area contributed by atoms with Gasteiger partial charge in [-0.05, 0) is 10.8 Å². The van der Waals surface area contributed by atoms with E-state index in [9.17, 15) is 0 Å². The molecule has 0 aliphatic carbocycles. The molecule has 0 atom stereocenters. The Hall–Kier alpha value is -0.643. The summed E-state index contributed by atoms with van der Waals surface area (Å²) in [6, 6.07) is 8.72. The van der Waals surface area contributed by atoms with E-state index in [1.54, 1.807) is 0 Å². The Kier molecular flexibility index (Phi) is 2.72. The first-order valence-corrected chi connectivity index (χ1v) is 8.82. The number of thiophene rings is 2. The number of rotatable bonds is 3. The molecule has 0 spiro atoms. The van der Waals surface area contributed by atoms with Crippen LogP contribution in [0.4, 0.5) is 0 Å². The number of hydrogen-bond donors (Lipinski definition) is 0. The lowest BCUT2D eigenvalue weighted by Crippen LogP contribution is -2.51. The van der Waals surface area contributed by atoms with Gasteiger partial charge in [-0.3, -0.25) is 0 Å². The summed E-state index contributed by atoms with van der Waals surface area (Å²) in [6.45, 7) is 6.38. The van der Waals surface area contributed by atoms with Gasteiger partial charge in [0.15, 0.2) is 8.07 Å². The van der Waals surface area contributed by atoms with E-state index >= 15 is 0 Å². The van der Waals surface area contributed by atoms with E-state index in [4.69, 9.17) is 0 Å². The maximum Gasteiger partial charge on any atom is 0.162 e. The lowest BCUT2D eigenvalue weighted by molar-refractivity contribution is 1.93. The van der Waals surface area contributed by atoms with Gasteiger partial charge in [-0.25, -0.2) is 0 Å². The summed E-state index contributed by atoms with van der Waals surface area (Å²) in [7, 11) is -1.57. The van der Waals surface area contributed by atoms with Crippen LogP contribution in [0.25, 0.3) is 0 Å². The zero-order valence-electron chi connectivity index (χ0n) is 8.07. The van der Waals surface area contributed by atoms with Crippen LogP contribution in [0.3, 0.4) is 0 Å². The summed E-state index contributed by atoms with van der Waals surface area (Å²) >= 11 is 3.70. The van der Waals surface area contributed by atoms with Crippen molar-refractivity contribution >= 4 is 39.7 Å². The van der Waals surface area contributed by atoms with Crippen molar-refractivity contribution in [2.45, 2.75) is 6.55 Å². The lowest BCUT2D eigenvalue weighted by atomic mass is 10.7. The van der Waals surface area contributed by atoms with Gasteiger partial charge in [0.05, 0.1) is 0 Å². The fraction of sp³-hybridized carbons (Fsp3) is 0.0909. The highest BCUT2D eigenvalue weighted by Gasteiger charge is 2.30. The fourth-order valence-electron chi connectivity index (χ4n) is 1.47. The summed E-state index contributed by atoms with van der Waals surface area (Å²) in [4.78, 5) is 0. The molecule has 2 heterocycles. The third-order valence-corrected chi connectivity index (χ3v) is 10.3. The molecule has 2 aromatic heterocycles. The van der Waals surface area contributed by atoms with Gasteiger partial charge in [0.1, 0.15) is 0 Å². The molecule has 0 saturated carbocycles. The monoisotopic (exact) mass is 236 g/mol. The summed E-state index contributed by atoms with van der Waals surface area (Å²) < 4.78 is 2.99. The van der Waals surface area contributed by atoms with Gasteiger partial charge in [0.2, 0.25) is 0 Å². The van der Waals surface area contributed by atoms with Crippen LogP contribution >= 0.6 is 22.7 Å². The van der Waals surface area contributed by atoms with Crippen LogP contribution in [0.5, 0.6) is 0 Å². The quantitative estimate of drug-likeness (QED) is 0.719. The fourth-order valence-corrected chi connectivity index (χ4v) is 7.64. The standard InChI is InChI=1S/C11H12S2Si/c1-3-14(2,10-6-4-8-12-10)11-7-5-9-13-11/h3-9H,1H2,2H3. The van der Waals surface area contributed by atoms with Crippen molar-refractivity contribution in [3.05, 3.63) is 47.3 Å². The molecule has 0 saturated heterocycles. The topological polar surface area (TPSA) is 0 Å². The van der Waals surface area contributed by atoms with Crippen molar-refractivity contribution in [1.82, 2.24) is 0 Å². The van der Waals surface area contributed by atoms with E-state index in [-0.39, 0.29) is 0 Å². The first-order chi connectivity index (χ1) is 6.77. The molecule has 0 nitrogen and oxygen atoms in total. The average molecular weight is 236 g/mol. The molecule has 0 aliphatic rings. The normalized spacial score (nSPS) is 11.5. The van der Waals surface area contributed by atoms with Crippen molar-refractivity contribution in [3.8, 4) is 0 Å². The summed E-state index contributed by atoms with van der Waals surface area (Å²) in [5.74, 6) is 0. The van der Waals surface area contributed by atoms with Crippen molar-refractivity contribution in [2.24, 2.45) is 0 Å². The zero-order chi connectivity index (χ0) is 10.0. The maximum absolute atomic E-state index is 4.02. The number of hydrogen-bond acceptors (Lipinski definition) is 2. The molecule has 0 unspecified atom stereocenters. The third-order valence-electron chi connectivity index (χ3n) is 2.47.